The molecule has 4 nitrogen and oxygen atoms in total. The Morgan fingerprint density at radius 2 is 2.25 bits per heavy atom. The summed E-state index contributed by atoms with van der Waals surface area (Å²) in [5.41, 5.74) is 0. The zero-order chi connectivity index (χ0) is 9.40. The molecule has 0 saturated heterocycles. The first-order chi connectivity index (χ1) is 5.70. The van der Waals surface area contributed by atoms with E-state index in [0.29, 0.717) is 19.6 Å². The molecular formula is C8H18N2O2. The summed E-state index contributed by atoms with van der Waals surface area (Å²) >= 11 is 0. The van der Waals surface area contributed by atoms with Crippen LogP contribution in [0.25, 0.3) is 0 Å². The van der Waals surface area contributed by atoms with Crippen molar-refractivity contribution < 1.29 is 9.53 Å². The molecule has 2 N–H and O–H groups in total. The van der Waals surface area contributed by atoms with Crippen LogP contribution in [0, 0.1) is 0 Å². The third-order valence-electron chi connectivity index (χ3n) is 1.61. The van der Waals surface area contributed by atoms with Gasteiger partial charge in [-0.3, -0.25) is 4.79 Å². The third-order valence-corrected chi connectivity index (χ3v) is 1.61. The normalized spacial score (nSPS) is 12.6. The molecule has 0 aromatic carbocycles. The number of amides is 1. The number of carbonyl (C=O) groups is 1. The Hall–Kier alpha value is -0.610. The largest absolute Gasteiger partial charge is 0.383 e. The lowest BCUT2D eigenvalue weighted by Crippen LogP contribution is -2.33. The molecule has 0 aliphatic heterocycles. The average molecular weight is 174 g/mol. The Morgan fingerprint density at radius 1 is 1.58 bits per heavy atom. The van der Waals surface area contributed by atoms with Gasteiger partial charge in [-0.2, -0.15) is 0 Å². The van der Waals surface area contributed by atoms with Crippen LogP contribution in [0.1, 0.15) is 13.3 Å². The number of methoxy groups -OCH3 is 1. The molecule has 0 fully saturated rings. The summed E-state index contributed by atoms with van der Waals surface area (Å²) in [4.78, 5) is 11.1. The quantitative estimate of drug-likeness (QED) is 0.546. The Morgan fingerprint density at radius 3 is 2.75 bits per heavy atom. The van der Waals surface area contributed by atoms with Crippen molar-refractivity contribution in [3.63, 3.8) is 0 Å². The number of nitrogens with one attached hydrogen (secondary N) is 2. The van der Waals surface area contributed by atoms with Crippen LogP contribution in [0.2, 0.25) is 0 Å². The predicted octanol–water partition coefficient (Wildman–Crippen LogP) is -0.253. The molecule has 0 rings (SSSR count). The van der Waals surface area contributed by atoms with Gasteiger partial charge in [-0.05, 0) is 14.0 Å². The van der Waals surface area contributed by atoms with Crippen LogP contribution in [-0.2, 0) is 9.53 Å². The second-order valence-electron chi connectivity index (χ2n) is 2.74. The maximum atomic E-state index is 11.1. The van der Waals surface area contributed by atoms with Crippen LogP contribution >= 0.6 is 0 Å². The topological polar surface area (TPSA) is 50.4 Å². The fraction of sp³-hybridized carbons (Fsp3) is 0.875. The van der Waals surface area contributed by atoms with Gasteiger partial charge < -0.3 is 15.4 Å². The van der Waals surface area contributed by atoms with E-state index in [0.717, 1.165) is 0 Å². The summed E-state index contributed by atoms with van der Waals surface area (Å²) in [6.45, 7) is 3.13. The Kier molecular flexibility index (Phi) is 6.70. The average Bonchev–Trinajstić information content (AvgIpc) is 2.05. The summed E-state index contributed by atoms with van der Waals surface area (Å²) in [5.74, 6) is 0.0638. The van der Waals surface area contributed by atoms with Crippen molar-refractivity contribution in [2.45, 2.75) is 19.4 Å². The van der Waals surface area contributed by atoms with Crippen molar-refractivity contribution >= 4 is 5.91 Å². The molecular weight excluding hydrogens is 156 g/mol. The smallest absolute Gasteiger partial charge is 0.221 e. The van der Waals surface area contributed by atoms with E-state index in [-0.39, 0.29) is 11.9 Å². The minimum absolute atomic E-state index is 0.0638. The van der Waals surface area contributed by atoms with Gasteiger partial charge in [0.15, 0.2) is 0 Å². The van der Waals surface area contributed by atoms with Crippen LogP contribution in [0.3, 0.4) is 0 Å². The third kappa shape index (κ3) is 6.12. The maximum absolute atomic E-state index is 11.1. The summed E-state index contributed by atoms with van der Waals surface area (Å²) < 4.78 is 4.79. The minimum atomic E-state index is 0.0638. The summed E-state index contributed by atoms with van der Waals surface area (Å²) in [7, 11) is 3.45. The fourth-order valence-electron chi connectivity index (χ4n) is 0.745. The van der Waals surface area contributed by atoms with Gasteiger partial charge in [-0.1, -0.05) is 0 Å². The number of carbonyl (C=O) groups excluding carboxylic acids is 1. The molecule has 1 atom stereocenters. The molecule has 0 aromatic heterocycles. The predicted molar refractivity (Wildman–Crippen MR) is 48.0 cm³/mol. The van der Waals surface area contributed by atoms with E-state index in [9.17, 15) is 4.79 Å². The summed E-state index contributed by atoms with van der Waals surface area (Å²) in [6, 6.07) is 0.229. The molecule has 12 heavy (non-hydrogen) atoms. The molecule has 0 bridgehead atoms. The van der Waals surface area contributed by atoms with Crippen molar-refractivity contribution in [2.75, 3.05) is 27.3 Å². The Bertz CT molecular complexity index is 128. The molecule has 0 radical (unpaired) electrons. The first-order valence-corrected chi connectivity index (χ1v) is 4.13. The van der Waals surface area contributed by atoms with Crippen LogP contribution in [0.4, 0.5) is 0 Å². The Balaban J connectivity index is 3.33. The zero-order valence-corrected chi connectivity index (χ0v) is 8.02. The van der Waals surface area contributed by atoms with Gasteiger partial charge >= 0.3 is 0 Å². The highest BCUT2D eigenvalue weighted by Crippen LogP contribution is 1.87. The first-order valence-electron chi connectivity index (χ1n) is 4.13. The molecule has 0 spiro atoms. The SMILES string of the molecule is CNC(C)CC(=O)NCCOC. The van der Waals surface area contributed by atoms with E-state index < -0.39 is 0 Å². The van der Waals surface area contributed by atoms with Gasteiger partial charge in [0, 0.05) is 26.1 Å². The number of rotatable bonds is 6. The number of ether oxygens (including phenoxy) is 1. The first kappa shape index (κ1) is 11.4. The second kappa shape index (κ2) is 7.06. The van der Waals surface area contributed by atoms with E-state index >= 15 is 0 Å². The monoisotopic (exact) mass is 174 g/mol. The van der Waals surface area contributed by atoms with Crippen molar-refractivity contribution in [2.24, 2.45) is 0 Å². The van der Waals surface area contributed by atoms with Crippen molar-refractivity contribution in [1.82, 2.24) is 10.6 Å². The number of hydrogen-bond donors (Lipinski definition) is 2. The lowest BCUT2D eigenvalue weighted by Gasteiger charge is -2.09. The van der Waals surface area contributed by atoms with E-state index in [1.807, 2.05) is 14.0 Å². The van der Waals surface area contributed by atoms with E-state index in [1.165, 1.54) is 0 Å². The van der Waals surface area contributed by atoms with Gasteiger partial charge in [0.2, 0.25) is 5.91 Å². The van der Waals surface area contributed by atoms with Crippen LogP contribution in [0.5, 0.6) is 0 Å². The van der Waals surface area contributed by atoms with E-state index in [4.69, 9.17) is 4.74 Å². The standard InChI is InChI=1S/C8H18N2O2/c1-7(9-2)6-8(11)10-4-5-12-3/h7,9H,4-6H2,1-3H3,(H,10,11). The molecule has 0 aliphatic rings. The van der Waals surface area contributed by atoms with Gasteiger partial charge in [0.1, 0.15) is 0 Å². The molecule has 0 aromatic rings. The summed E-state index contributed by atoms with van der Waals surface area (Å²) in [6.07, 6.45) is 0.514. The number of hydrogen-bond acceptors (Lipinski definition) is 3. The maximum Gasteiger partial charge on any atom is 0.221 e. The molecule has 72 valence electrons. The molecule has 0 heterocycles. The van der Waals surface area contributed by atoms with Gasteiger partial charge in [-0.15, -0.1) is 0 Å². The molecule has 1 amide bonds. The van der Waals surface area contributed by atoms with Gasteiger partial charge in [-0.25, -0.2) is 0 Å². The zero-order valence-electron chi connectivity index (χ0n) is 8.02. The molecule has 1 unspecified atom stereocenters. The highest BCUT2D eigenvalue weighted by molar-refractivity contribution is 5.76. The molecule has 0 aliphatic carbocycles. The highest BCUT2D eigenvalue weighted by Gasteiger charge is 2.05. The lowest BCUT2D eigenvalue weighted by molar-refractivity contribution is -0.121. The van der Waals surface area contributed by atoms with Crippen LogP contribution in [0.15, 0.2) is 0 Å². The summed E-state index contributed by atoms with van der Waals surface area (Å²) in [5, 5.41) is 5.74. The van der Waals surface area contributed by atoms with Crippen LogP contribution in [-0.4, -0.2) is 39.3 Å². The fourth-order valence-corrected chi connectivity index (χ4v) is 0.745. The second-order valence-corrected chi connectivity index (χ2v) is 2.74. The van der Waals surface area contributed by atoms with Crippen molar-refractivity contribution in [3.05, 3.63) is 0 Å². The van der Waals surface area contributed by atoms with Gasteiger partial charge in [0.05, 0.1) is 6.61 Å². The Labute approximate surface area is 73.7 Å². The van der Waals surface area contributed by atoms with Crippen molar-refractivity contribution in [1.29, 1.82) is 0 Å². The van der Waals surface area contributed by atoms with Gasteiger partial charge in [0.25, 0.3) is 0 Å². The van der Waals surface area contributed by atoms with Crippen LogP contribution < -0.4 is 10.6 Å². The molecule has 4 heteroatoms. The highest BCUT2D eigenvalue weighted by atomic mass is 16.5. The van der Waals surface area contributed by atoms with E-state index in [1.54, 1.807) is 7.11 Å². The lowest BCUT2D eigenvalue weighted by atomic mass is 10.2. The van der Waals surface area contributed by atoms with Crippen molar-refractivity contribution in [3.8, 4) is 0 Å². The molecule has 0 saturated carbocycles. The minimum Gasteiger partial charge on any atom is -0.383 e. The van der Waals surface area contributed by atoms with E-state index in [2.05, 4.69) is 10.6 Å².